The third-order valence-corrected chi connectivity index (χ3v) is 6.29. The highest BCUT2D eigenvalue weighted by Crippen LogP contribution is 2.35. The molecular weight excluding hydrogens is 454 g/mol. The molecule has 1 aromatic heterocycles. The lowest BCUT2D eigenvalue weighted by Crippen LogP contribution is -2.51. The van der Waals surface area contributed by atoms with E-state index < -0.39 is 11.6 Å². The first-order chi connectivity index (χ1) is 17.3. The van der Waals surface area contributed by atoms with Gasteiger partial charge in [-0.3, -0.25) is 14.5 Å². The minimum Gasteiger partial charge on any atom is -0.495 e. The maximum Gasteiger partial charge on any atom is 0.249 e. The van der Waals surface area contributed by atoms with Crippen LogP contribution >= 0.6 is 0 Å². The highest BCUT2D eigenvalue weighted by molar-refractivity contribution is 6.02. The van der Waals surface area contributed by atoms with Gasteiger partial charge in [-0.25, -0.2) is 4.68 Å². The van der Waals surface area contributed by atoms with E-state index in [1.54, 1.807) is 23.9 Å². The summed E-state index contributed by atoms with van der Waals surface area (Å²) in [6.45, 7) is 5.83. The molecule has 8 heteroatoms. The van der Waals surface area contributed by atoms with Gasteiger partial charge in [0.25, 0.3) is 0 Å². The van der Waals surface area contributed by atoms with Gasteiger partial charge in [-0.2, -0.15) is 0 Å². The molecule has 0 radical (unpaired) electrons. The van der Waals surface area contributed by atoms with Gasteiger partial charge in [-0.05, 0) is 50.1 Å². The summed E-state index contributed by atoms with van der Waals surface area (Å²) in [6, 6.07) is 23.0. The Bertz CT molecular complexity index is 1350. The lowest BCUT2D eigenvalue weighted by molar-refractivity contribution is -0.128. The second-order valence-electron chi connectivity index (χ2n) is 9.21. The number of hydrogen-bond acceptors (Lipinski definition) is 5. The van der Waals surface area contributed by atoms with E-state index in [4.69, 9.17) is 4.74 Å². The van der Waals surface area contributed by atoms with Crippen molar-refractivity contribution in [3.05, 3.63) is 84.4 Å². The van der Waals surface area contributed by atoms with Crippen LogP contribution in [0.1, 0.15) is 38.8 Å². The van der Waals surface area contributed by atoms with Crippen molar-refractivity contribution in [2.45, 2.75) is 45.3 Å². The van der Waals surface area contributed by atoms with E-state index in [0.29, 0.717) is 22.5 Å². The van der Waals surface area contributed by atoms with Gasteiger partial charge >= 0.3 is 0 Å². The summed E-state index contributed by atoms with van der Waals surface area (Å²) >= 11 is 0. The Hall–Kier alpha value is -4.20. The average Bonchev–Trinajstić information content (AvgIpc) is 3.30. The molecule has 0 saturated carbocycles. The first kappa shape index (κ1) is 24.9. The van der Waals surface area contributed by atoms with Gasteiger partial charge in [0, 0.05) is 5.54 Å². The van der Waals surface area contributed by atoms with Crippen LogP contribution in [-0.4, -0.2) is 39.5 Å². The maximum absolute atomic E-state index is 14.1. The molecule has 1 unspecified atom stereocenters. The van der Waals surface area contributed by atoms with E-state index >= 15 is 0 Å². The Morgan fingerprint density at radius 3 is 2.39 bits per heavy atom. The van der Waals surface area contributed by atoms with Crippen LogP contribution in [0.4, 0.5) is 5.69 Å². The maximum atomic E-state index is 14.1. The number of amides is 2. The zero-order valence-electron chi connectivity index (χ0n) is 21.0. The molecule has 1 heterocycles. The smallest absolute Gasteiger partial charge is 0.249 e. The number of carbonyl (C=O) groups excluding carboxylic acids is 2. The third kappa shape index (κ3) is 5.22. The number of benzene rings is 3. The Morgan fingerprint density at radius 2 is 1.67 bits per heavy atom. The van der Waals surface area contributed by atoms with Gasteiger partial charge in [0.2, 0.25) is 11.8 Å². The van der Waals surface area contributed by atoms with Crippen LogP contribution in [0.15, 0.2) is 78.9 Å². The predicted octanol–water partition coefficient (Wildman–Crippen LogP) is 4.52. The van der Waals surface area contributed by atoms with Crippen LogP contribution in [0.5, 0.6) is 5.75 Å². The number of para-hydroxylation sites is 3. The number of methoxy groups -OCH3 is 1. The van der Waals surface area contributed by atoms with Crippen LogP contribution in [0, 0.1) is 0 Å². The average molecular weight is 486 g/mol. The number of anilines is 1. The second-order valence-corrected chi connectivity index (χ2v) is 9.21. The highest BCUT2D eigenvalue weighted by atomic mass is 16.5. The van der Waals surface area contributed by atoms with Gasteiger partial charge in [-0.15, -0.1) is 5.10 Å². The normalized spacial score (nSPS) is 12.2. The second kappa shape index (κ2) is 10.6. The minimum atomic E-state index is -0.935. The number of rotatable bonds is 9. The molecule has 4 aromatic rings. The van der Waals surface area contributed by atoms with E-state index in [2.05, 4.69) is 15.6 Å². The van der Waals surface area contributed by atoms with Gasteiger partial charge in [0.05, 0.1) is 18.3 Å². The van der Waals surface area contributed by atoms with Crippen molar-refractivity contribution in [2.24, 2.45) is 0 Å². The van der Waals surface area contributed by atoms with Crippen LogP contribution in [0.3, 0.4) is 0 Å². The largest absolute Gasteiger partial charge is 0.495 e. The molecule has 4 rings (SSSR count). The fourth-order valence-electron chi connectivity index (χ4n) is 4.03. The number of nitrogens with zero attached hydrogens (tertiary/aromatic N) is 4. The molecule has 0 spiro atoms. The van der Waals surface area contributed by atoms with Crippen molar-refractivity contribution in [1.82, 2.24) is 20.3 Å². The fourth-order valence-corrected chi connectivity index (χ4v) is 4.03. The lowest BCUT2D eigenvalue weighted by Gasteiger charge is -2.35. The molecule has 0 aliphatic rings. The van der Waals surface area contributed by atoms with Crippen LogP contribution in [0.25, 0.3) is 11.0 Å². The molecule has 0 aliphatic heterocycles. The molecule has 0 bridgehead atoms. The quantitative estimate of drug-likeness (QED) is 0.377. The number of carbonyl (C=O) groups is 2. The van der Waals surface area contributed by atoms with Crippen molar-refractivity contribution < 1.29 is 14.3 Å². The Balaban J connectivity index is 1.84. The Labute approximate surface area is 210 Å². The standard InChI is InChI=1S/C28H31N5O3/c1-5-28(2,3)29-27(35)26(20-13-7-6-8-14-20)33(23-17-11-12-18-24(23)36-4)25(34)19-32-22-16-10-9-15-21(22)30-31-32/h6-18,26H,5,19H2,1-4H3,(H,29,35). The van der Waals surface area contributed by atoms with Crippen molar-refractivity contribution in [3.8, 4) is 5.75 Å². The lowest BCUT2D eigenvalue weighted by atomic mass is 9.98. The summed E-state index contributed by atoms with van der Waals surface area (Å²) in [7, 11) is 1.55. The van der Waals surface area contributed by atoms with Crippen LogP contribution in [-0.2, 0) is 16.1 Å². The minimum absolute atomic E-state index is 0.105. The summed E-state index contributed by atoms with van der Waals surface area (Å²) in [5.41, 5.74) is 2.15. The van der Waals surface area contributed by atoms with Crippen LogP contribution < -0.4 is 15.0 Å². The Kier molecular flexibility index (Phi) is 7.33. The summed E-state index contributed by atoms with van der Waals surface area (Å²) < 4.78 is 7.16. The molecule has 8 nitrogen and oxygen atoms in total. The van der Waals surface area contributed by atoms with E-state index in [1.165, 1.54) is 4.90 Å². The van der Waals surface area contributed by atoms with Crippen molar-refractivity contribution in [3.63, 3.8) is 0 Å². The Morgan fingerprint density at radius 1 is 1.00 bits per heavy atom. The molecule has 186 valence electrons. The summed E-state index contributed by atoms with van der Waals surface area (Å²) in [6.07, 6.45) is 0.730. The van der Waals surface area contributed by atoms with Crippen molar-refractivity contribution >= 4 is 28.5 Å². The number of hydrogen-bond donors (Lipinski definition) is 1. The molecule has 0 fully saturated rings. The monoisotopic (exact) mass is 485 g/mol. The summed E-state index contributed by atoms with van der Waals surface area (Å²) in [5, 5.41) is 11.5. The van der Waals surface area contributed by atoms with E-state index in [0.717, 1.165) is 11.9 Å². The molecule has 1 atom stereocenters. The molecule has 3 aromatic carbocycles. The molecular formula is C28H31N5O3. The fraction of sp³-hybridized carbons (Fsp3) is 0.286. The van der Waals surface area contributed by atoms with Crippen molar-refractivity contribution in [2.75, 3.05) is 12.0 Å². The molecule has 2 amide bonds. The zero-order chi connectivity index (χ0) is 25.7. The van der Waals surface area contributed by atoms with E-state index in [1.807, 2.05) is 87.5 Å². The molecule has 0 aliphatic carbocycles. The zero-order valence-corrected chi connectivity index (χ0v) is 21.0. The SMILES string of the molecule is CCC(C)(C)NC(=O)C(c1ccccc1)N(C(=O)Cn1nnc2ccccc21)c1ccccc1OC. The third-order valence-electron chi connectivity index (χ3n) is 6.29. The number of fused-ring (bicyclic) bond motifs is 1. The first-order valence-electron chi connectivity index (χ1n) is 11.9. The highest BCUT2D eigenvalue weighted by Gasteiger charge is 2.36. The van der Waals surface area contributed by atoms with Crippen molar-refractivity contribution in [1.29, 1.82) is 0 Å². The van der Waals surface area contributed by atoms with E-state index in [-0.39, 0.29) is 18.4 Å². The van der Waals surface area contributed by atoms with E-state index in [9.17, 15) is 9.59 Å². The summed E-state index contributed by atoms with van der Waals surface area (Å²) in [4.78, 5) is 29.5. The first-order valence-corrected chi connectivity index (χ1v) is 11.9. The van der Waals surface area contributed by atoms with Gasteiger partial charge in [0.15, 0.2) is 0 Å². The number of ether oxygens (including phenoxy) is 1. The van der Waals surface area contributed by atoms with Gasteiger partial charge < -0.3 is 10.1 Å². The summed E-state index contributed by atoms with van der Waals surface area (Å²) in [5.74, 6) is -0.123. The van der Waals surface area contributed by atoms with Gasteiger partial charge in [0.1, 0.15) is 23.9 Å². The molecule has 1 N–H and O–H groups in total. The van der Waals surface area contributed by atoms with Gasteiger partial charge in [-0.1, -0.05) is 66.7 Å². The topological polar surface area (TPSA) is 89.4 Å². The number of aromatic nitrogens is 3. The molecule has 36 heavy (non-hydrogen) atoms. The molecule has 0 saturated heterocycles. The van der Waals surface area contributed by atoms with Crippen LogP contribution in [0.2, 0.25) is 0 Å². The predicted molar refractivity (Wildman–Crippen MR) is 140 cm³/mol. The number of nitrogens with one attached hydrogen (secondary N) is 1.